The summed E-state index contributed by atoms with van der Waals surface area (Å²) in [6.07, 6.45) is 0. The molecule has 0 aliphatic rings. The number of hydrogen-bond donors (Lipinski definition) is 2. The lowest BCUT2D eigenvalue weighted by Gasteiger charge is -2.10. The maximum absolute atomic E-state index is 12.6. The zero-order chi connectivity index (χ0) is 19.4. The summed E-state index contributed by atoms with van der Waals surface area (Å²) in [4.78, 5) is 12.6. The van der Waals surface area contributed by atoms with Gasteiger partial charge in [0.2, 0.25) is 0 Å². The Labute approximate surface area is 161 Å². The standard InChI is InChI=1S/C20H18ClNO5/c1-25-15-7-12(8-16(10-15)26-2)20(24)22-13-3-5-18(21)17(9-13)19-6-4-14(11-23)27-19/h3-10,23H,11H2,1-2H3,(H,22,24). The number of halogens is 1. The van der Waals surface area contributed by atoms with Gasteiger partial charge < -0.3 is 24.3 Å². The van der Waals surface area contributed by atoms with Crippen molar-refractivity contribution in [3.63, 3.8) is 0 Å². The Kier molecular flexibility index (Phi) is 5.69. The maximum atomic E-state index is 12.6. The Morgan fingerprint density at radius 2 is 1.78 bits per heavy atom. The van der Waals surface area contributed by atoms with Crippen molar-refractivity contribution in [2.24, 2.45) is 0 Å². The van der Waals surface area contributed by atoms with Gasteiger partial charge in [-0.2, -0.15) is 0 Å². The molecule has 0 aliphatic heterocycles. The van der Waals surface area contributed by atoms with Crippen LogP contribution in [0.15, 0.2) is 52.9 Å². The van der Waals surface area contributed by atoms with Crippen molar-refractivity contribution in [3.8, 4) is 22.8 Å². The minimum absolute atomic E-state index is 0.203. The first-order valence-corrected chi connectivity index (χ1v) is 8.45. The van der Waals surface area contributed by atoms with Crippen molar-refractivity contribution >= 4 is 23.2 Å². The van der Waals surface area contributed by atoms with Gasteiger partial charge in [-0.15, -0.1) is 0 Å². The highest BCUT2D eigenvalue weighted by Gasteiger charge is 2.13. The number of amides is 1. The molecule has 0 saturated heterocycles. The number of anilines is 1. The van der Waals surface area contributed by atoms with E-state index in [0.717, 1.165) is 0 Å². The van der Waals surface area contributed by atoms with Crippen LogP contribution in [0.1, 0.15) is 16.1 Å². The van der Waals surface area contributed by atoms with E-state index in [1.165, 1.54) is 14.2 Å². The van der Waals surface area contributed by atoms with E-state index >= 15 is 0 Å². The van der Waals surface area contributed by atoms with Gasteiger partial charge in [0.25, 0.3) is 5.91 Å². The Balaban J connectivity index is 1.87. The highest BCUT2D eigenvalue weighted by atomic mass is 35.5. The fourth-order valence-electron chi connectivity index (χ4n) is 2.54. The molecule has 1 amide bonds. The van der Waals surface area contributed by atoms with Gasteiger partial charge in [-0.05, 0) is 42.5 Å². The van der Waals surface area contributed by atoms with Crippen molar-refractivity contribution in [1.29, 1.82) is 0 Å². The van der Waals surface area contributed by atoms with Crippen LogP contribution in [0.3, 0.4) is 0 Å². The van der Waals surface area contributed by atoms with Crippen LogP contribution in [-0.2, 0) is 6.61 Å². The first-order valence-electron chi connectivity index (χ1n) is 8.08. The van der Waals surface area contributed by atoms with Crippen LogP contribution in [0.4, 0.5) is 5.69 Å². The molecule has 3 aromatic rings. The predicted molar refractivity (Wildman–Crippen MR) is 103 cm³/mol. The van der Waals surface area contributed by atoms with Crippen molar-refractivity contribution < 1.29 is 23.8 Å². The monoisotopic (exact) mass is 387 g/mol. The second-order valence-corrected chi connectivity index (χ2v) is 6.08. The normalized spacial score (nSPS) is 10.5. The molecule has 1 heterocycles. The van der Waals surface area contributed by atoms with E-state index in [1.807, 2.05) is 0 Å². The molecule has 0 atom stereocenters. The minimum atomic E-state index is -0.323. The number of carbonyl (C=O) groups excluding carboxylic acids is 1. The van der Waals surface area contributed by atoms with Crippen molar-refractivity contribution in [2.45, 2.75) is 6.61 Å². The summed E-state index contributed by atoms with van der Waals surface area (Å²) in [6, 6.07) is 13.4. The fourth-order valence-corrected chi connectivity index (χ4v) is 2.75. The number of furan rings is 1. The summed E-state index contributed by atoms with van der Waals surface area (Å²) in [5, 5.41) is 12.4. The molecule has 1 aromatic heterocycles. The quantitative estimate of drug-likeness (QED) is 0.656. The van der Waals surface area contributed by atoms with Gasteiger partial charge in [-0.25, -0.2) is 0 Å². The molecule has 0 saturated carbocycles. The topological polar surface area (TPSA) is 80.9 Å². The number of ether oxygens (including phenoxy) is 2. The van der Waals surface area contributed by atoms with E-state index in [1.54, 1.807) is 48.5 Å². The lowest BCUT2D eigenvalue weighted by molar-refractivity contribution is 0.102. The molecule has 27 heavy (non-hydrogen) atoms. The molecule has 0 fully saturated rings. The smallest absolute Gasteiger partial charge is 0.255 e. The molecule has 0 bridgehead atoms. The summed E-state index contributed by atoms with van der Waals surface area (Å²) in [7, 11) is 3.04. The third-order valence-corrected chi connectivity index (χ3v) is 4.25. The molecular weight excluding hydrogens is 370 g/mol. The molecule has 0 unspecified atom stereocenters. The van der Waals surface area contributed by atoms with Gasteiger partial charge in [0.05, 0.1) is 19.2 Å². The molecule has 2 aromatic carbocycles. The van der Waals surface area contributed by atoms with E-state index in [9.17, 15) is 4.79 Å². The number of benzene rings is 2. The molecule has 6 nitrogen and oxygen atoms in total. The average molecular weight is 388 g/mol. The average Bonchev–Trinajstić information content (AvgIpc) is 3.18. The second kappa shape index (κ2) is 8.16. The molecule has 0 aliphatic carbocycles. The summed E-state index contributed by atoms with van der Waals surface area (Å²) < 4.78 is 15.9. The Morgan fingerprint density at radius 3 is 2.37 bits per heavy atom. The fraction of sp³-hybridized carbons (Fsp3) is 0.150. The van der Waals surface area contributed by atoms with Crippen LogP contribution in [0.5, 0.6) is 11.5 Å². The first kappa shape index (κ1) is 18.8. The van der Waals surface area contributed by atoms with E-state index in [-0.39, 0.29) is 12.5 Å². The van der Waals surface area contributed by atoms with Crippen LogP contribution < -0.4 is 14.8 Å². The number of aliphatic hydroxyl groups excluding tert-OH is 1. The Morgan fingerprint density at radius 1 is 1.07 bits per heavy atom. The summed E-state index contributed by atoms with van der Waals surface area (Å²) >= 11 is 6.25. The number of hydrogen-bond acceptors (Lipinski definition) is 5. The van der Waals surface area contributed by atoms with Crippen LogP contribution in [-0.4, -0.2) is 25.2 Å². The van der Waals surface area contributed by atoms with Gasteiger partial charge >= 0.3 is 0 Å². The number of rotatable bonds is 6. The number of carbonyl (C=O) groups is 1. The predicted octanol–water partition coefficient (Wildman–Crippen LogP) is 4.36. The van der Waals surface area contributed by atoms with Gasteiger partial charge in [0.1, 0.15) is 29.6 Å². The van der Waals surface area contributed by atoms with Crippen LogP contribution >= 0.6 is 11.6 Å². The van der Waals surface area contributed by atoms with Gasteiger partial charge in [0.15, 0.2) is 0 Å². The van der Waals surface area contributed by atoms with Crippen LogP contribution in [0.25, 0.3) is 11.3 Å². The van der Waals surface area contributed by atoms with Crippen molar-refractivity contribution in [2.75, 3.05) is 19.5 Å². The largest absolute Gasteiger partial charge is 0.497 e. The molecular formula is C20H18ClNO5. The molecule has 0 spiro atoms. The number of methoxy groups -OCH3 is 2. The van der Waals surface area contributed by atoms with Gasteiger partial charge in [0, 0.05) is 22.9 Å². The minimum Gasteiger partial charge on any atom is -0.497 e. The van der Waals surface area contributed by atoms with Crippen LogP contribution in [0.2, 0.25) is 5.02 Å². The Bertz CT molecular complexity index is 945. The molecule has 2 N–H and O–H groups in total. The third kappa shape index (κ3) is 4.24. The third-order valence-electron chi connectivity index (χ3n) is 3.92. The summed E-state index contributed by atoms with van der Waals surface area (Å²) in [6.45, 7) is -0.203. The first-order chi connectivity index (χ1) is 13.0. The zero-order valence-corrected chi connectivity index (χ0v) is 15.5. The van der Waals surface area contributed by atoms with Crippen molar-refractivity contribution in [1.82, 2.24) is 0 Å². The van der Waals surface area contributed by atoms with Crippen molar-refractivity contribution in [3.05, 3.63) is 64.9 Å². The van der Waals surface area contributed by atoms with E-state index in [4.69, 9.17) is 30.6 Å². The SMILES string of the molecule is COc1cc(OC)cc(C(=O)Nc2ccc(Cl)c(-c3ccc(CO)o3)c2)c1. The molecule has 0 radical (unpaired) electrons. The highest BCUT2D eigenvalue weighted by Crippen LogP contribution is 2.32. The number of nitrogens with one attached hydrogen (secondary N) is 1. The molecule has 140 valence electrons. The lowest BCUT2D eigenvalue weighted by Crippen LogP contribution is -2.12. The molecule has 3 rings (SSSR count). The van der Waals surface area contributed by atoms with E-state index in [2.05, 4.69) is 5.32 Å². The van der Waals surface area contributed by atoms with Gasteiger partial charge in [-0.3, -0.25) is 4.79 Å². The van der Waals surface area contributed by atoms with E-state index in [0.29, 0.717) is 44.9 Å². The molecule has 7 heteroatoms. The summed E-state index contributed by atoms with van der Waals surface area (Å²) in [5.74, 6) is 1.64. The lowest BCUT2D eigenvalue weighted by atomic mass is 10.1. The Hall–Kier alpha value is -2.96. The zero-order valence-electron chi connectivity index (χ0n) is 14.8. The van der Waals surface area contributed by atoms with Gasteiger partial charge in [-0.1, -0.05) is 11.6 Å². The summed E-state index contributed by atoms with van der Waals surface area (Å²) in [5.41, 5.74) is 1.55. The number of aliphatic hydroxyl groups is 1. The highest BCUT2D eigenvalue weighted by molar-refractivity contribution is 6.33. The second-order valence-electron chi connectivity index (χ2n) is 5.67. The van der Waals surface area contributed by atoms with Crippen LogP contribution in [0, 0.1) is 0 Å². The van der Waals surface area contributed by atoms with E-state index < -0.39 is 0 Å². The maximum Gasteiger partial charge on any atom is 0.255 e.